The molecule has 0 saturated carbocycles. The third kappa shape index (κ3) is 3.32. The second-order valence-corrected chi connectivity index (χ2v) is 5.14. The molecule has 0 aliphatic rings. The van der Waals surface area contributed by atoms with Crippen LogP contribution in [0, 0.1) is 0 Å². The fourth-order valence-electron chi connectivity index (χ4n) is 2.13. The van der Waals surface area contributed by atoms with Crippen molar-refractivity contribution in [3.8, 4) is 5.75 Å². The van der Waals surface area contributed by atoms with Gasteiger partial charge in [-0.2, -0.15) is 5.10 Å². The number of para-hydroxylation sites is 2. The van der Waals surface area contributed by atoms with Gasteiger partial charge in [0.1, 0.15) is 5.75 Å². The molecular formula is C16H23N3O. The number of anilines is 1. The first-order valence-corrected chi connectivity index (χ1v) is 7.08. The van der Waals surface area contributed by atoms with Gasteiger partial charge in [0.25, 0.3) is 0 Å². The molecule has 2 rings (SSSR count). The van der Waals surface area contributed by atoms with Gasteiger partial charge in [0.2, 0.25) is 0 Å². The molecule has 0 bridgehead atoms. The van der Waals surface area contributed by atoms with E-state index in [2.05, 4.69) is 43.0 Å². The van der Waals surface area contributed by atoms with Crippen LogP contribution in [0.4, 0.5) is 5.69 Å². The predicted octanol–water partition coefficient (Wildman–Crippen LogP) is 3.50. The number of aromatic nitrogens is 2. The Hall–Kier alpha value is -1.97. The summed E-state index contributed by atoms with van der Waals surface area (Å²) in [7, 11) is 2.06. The van der Waals surface area contributed by atoms with E-state index in [9.17, 15) is 0 Å². The van der Waals surface area contributed by atoms with Crippen molar-refractivity contribution in [1.82, 2.24) is 9.78 Å². The second-order valence-electron chi connectivity index (χ2n) is 5.14. The highest BCUT2D eigenvalue weighted by molar-refractivity contribution is 5.57. The maximum atomic E-state index is 5.67. The molecule has 4 heteroatoms. The topological polar surface area (TPSA) is 30.3 Å². The first kappa shape index (κ1) is 14.4. The van der Waals surface area contributed by atoms with Crippen molar-refractivity contribution in [2.24, 2.45) is 0 Å². The van der Waals surface area contributed by atoms with E-state index < -0.39 is 0 Å². The van der Waals surface area contributed by atoms with Crippen molar-refractivity contribution in [3.63, 3.8) is 0 Å². The molecule has 1 aromatic carbocycles. The SMILES string of the molecule is CCOc1ccccc1N(C)Cc1ccn(C(C)C)n1. The lowest BCUT2D eigenvalue weighted by atomic mass is 10.2. The van der Waals surface area contributed by atoms with Gasteiger partial charge in [-0.25, -0.2) is 0 Å². The number of benzene rings is 1. The molecule has 0 N–H and O–H groups in total. The van der Waals surface area contributed by atoms with Crippen molar-refractivity contribution in [2.75, 3.05) is 18.6 Å². The molecule has 0 saturated heterocycles. The molecule has 0 radical (unpaired) electrons. The van der Waals surface area contributed by atoms with Gasteiger partial charge in [0.05, 0.1) is 24.5 Å². The Morgan fingerprint density at radius 3 is 2.65 bits per heavy atom. The monoisotopic (exact) mass is 273 g/mol. The maximum Gasteiger partial charge on any atom is 0.142 e. The lowest BCUT2D eigenvalue weighted by molar-refractivity contribution is 0.340. The second kappa shape index (κ2) is 6.46. The maximum absolute atomic E-state index is 5.67. The van der Waals surface area contributed by atoms with E-state index in [-0.39, 0.29) is 0 Å². The number of nitrogens with zero attached hydrogens (tertiary/aromatic N) is 3. The van der Waals surface area contributed by atoms with Crippen LogP contribution >= 0.6 is 0 Å². The molecule has 1 aromatic heterocycles. The van der Waals surface area contributed by atoms with Crippen LogP contribution in [0.25, 0.3) is 0 Å². The fraction of sp³-hybridized carbons (Fsp3) is 0.438. The minimum atomic E-state index is 0.393. The Morgan fingerprint density at radius 2 is 2.00 bits per heavy atom. The molecule has 0 aliphatic heterocycles. The van der Waals surface area contributed by atoms with Crippen LogP contribution in [0.1, 0.15) is 32.5 Å². The van der Waals surface area contributed by atoms with Crippen LogP contribution in [0.5, 0.6) is 5.75 Å². The normalized spacial score (nSPS) is 10.8. The molecule has 0 atom stereocenters. The van der Waals surface area contributed by atoms with Crippen LogP contribution in [-0.2, 0) is 6.54 Å². The average molecular weight is 273 g/mol. The molecule has 20 heavy (non-hydrogen) atoms. The molecule has 2 aromatic rings. The van der Waals surface area contributed by atoms with Crippen LogP contribution in [0.3, 0.4) is 0 Å². The third-order valence-corrected chi connectivity index (χ3v) is 3.17. The van der Waals surface area contributed by atoms with Crippen molar-refractivity contribution < 1.29 is 4.74 Å². The molecule has 0 aliphatic carbocycles. The predicted molar refractivity (Wildman–Crippen MR) is 82.3 cm³/mol. The molecule has 4 nitrogen and oxygen atoms in total. The molecule has 0 fully saturated rings. The highest BCUT2D eigenvalue weighted by Gasteiger charge is 2.10. The summed E-state index contributed by atoms with van der Waals surface area (Å²) >= 11 is 0. The van der Waals surface area contributed by atoms with Gasteiger partial charge >= 0.3 is 0 Å². The largest absolute Gasteiger partial charge is 0.492 e. The zero-order valence-electron chi connectivity index (χ0n) is 12.7. The van der Waals surface area contributed by atoms with E-state index in [0.29, 0.717) is 12.6 Å². The van der Waals surface area contributed by atoms with Gasteiger partial charge in [-0.05, 0) is 39.0 Å². The Bertz CT molecular complexity index is 548. The zero-order valence-corrected chi connectivity index (χ0v) is 12.7. The van der Waals surface area contributed by atoms with Crippen molar-refractivity contribution in [1.29, 1.82) is 0 Å². The molecule has 0 amide bonds. The molecule has 0 spiro atoms. The van der Waals surface area contributed by atoms with Gasteiger partial charge in [-0.3, -0.25) is 4.68 Å². The quantitative estimate of drug-likeness (QED) is 0.807. The molecule has 1 heterocycles. The highest BCUT2D eigenvalue weighted by Crippen LogP contribution is 2.27. The summed E-state index contributed by atoms with van der Waals surface area (Å²) in [6.07, 6.45) is 2.03. The highest BCUT2D eigenvalue weighted by atomic mass is 16.5. The first-order valence-electron chi connectivity index (χ1n) is 7.08. The van der Waals surface area contributed by atoms with E-state index in [1.807, 2.05) is 36.0 Å². The Kier molecular flexibility index (Phi) is 4.66. The first-order chi connectivity index (χ1) is 9.61. The van der Waals surface area contributed by atoms with E-state index in [1.165, 1.54) is 0 Å². The van der Waals surface area contributed by atoms with Crippen LogP contribution in [0.2, 0.25) is 0 Å². The number of rotatable bonds is 6. The van der Waals surface area contributed by atoms with Crippen molar-refractivity contribution >= 4 is 5.69 Å². The fourth-order valence-corrected chi connectivity index (χ4v) is 2.13. The number of hydrogen-bond donors (Lipinski definition) is 0. The van der Waals surface area contributed by atoms with Crippen LogP contribution in [-0.4, -0.2) is 23.4 Å². The van der Waals surface area contributed by atoms with Gasteiger partial charge in [-0.15, -0.1) is 0 Å². The summed E-state index contributed by atoms with van der Waals surface area (Å²) in [4.78, 5) is 2.16. The zero-order chi connectivity index (χ0) is 14.5. The van der Waals surface area contributed by atoms with E-state index in [1.54, 1.807) is 0 Å². The van der Waals surface area contributed by atoms with Gasteiger partial charge in [0, 0.05) is 19.3 Å². The minimum absolute atomic E-state index is 0.393. The van der Waals surface area contributed by atoms with Gasteiger partial charge in [-0.1, -0.05) is 12.1 Å². The third-order valence-electron chi connectivity index (χ3n) is 3.17. The molecule has 0 unspecified atom stereocenters. The van der Waals surface area contributed by atoms with Crippen LogP contribution in [0.15, 0.2) is 36.5 Å². The van der Waals surface area contributed by atoms with E-state index in [4.69, 9.17) is 4.74 Å². The van der Waals surface area contributed by atoms with E-state index in [0.717, 1.165) is 23.7 Å². The molecular weight excluding hydrogens is 250 g/mol. The van der Waals surface area contributed by atoms with Gasteiger partial charge in [0.15, 0.2) is 0 Å². The number of hydrogen-bond acceptors (Lipinski definition) is 3. The summed E-state index contributed by atoms with van der Waals surface area (Å²) in [5.41, 5.74) is 2.15. The van der Waals surface area contributed by atoms with Crippen molar-refractivity contribution in [2.45, 2.75) is 33.4 Å². The van der Waals surface area contributed by atoms with Crippen molar-refractivity contribution in [3.05, 3.63) is 42.2 Å². The van der Waals surface area contributed by atoms with Crippen LogP contribution < -0.4 is 9.64 Å². The summed E-state index contributed by atoms with van der Waals surface area (Å²) in [6, 6.07) is 10.6. The lowest BCUT2D eigenvalue weighted by Gasteiger charge is -2.21. The summed E-state index contributed by atoms with van der Waals surface area (Å²) in [5.74, 6) is 0.917. The number of ether oxygens (including phenoxy) is 1. The Labute approximate surface area is 121 Å². The smallest absolute Gasteiger partial charge is 0.142 e. The summed E-state index contributed by atoms with van der Waals surface area (Å²) in [5, 5.41) is 4.59. The standard InChI is InChI=1S/C16H23N3O/c1-5-20-16-9-7-6-8-15(16)18(4)12-14-10-11-19(17-14)13(2)3/h6-11,13H,5,12H2,1-4H3. The van der Waals surface area contributed by atoms with E-state index >= 15 is 0 Å². The average Bonchev–Trinajstić information content (AvgIpc) is 2.88. The summed E-state index contributed by atoms with van der Waals surface area (Å²) in [6.45, 7) is 7.70. The lowest BCUT2D eigenvalue weighted by Crippen LogP contribution is -2.18. The molecule has 108 valence electrons. The van der Waals surface area contributed by atoms with Gasteiger partial charge < -0.3 is 9.64 Å². The minimum Gasteiger partial charge on any atom is -0.492 e. The Balaban J connectivity index is 2.12. The Morgan fingerprint density at radius 1 is 1.25 bits per heavy atom. The summed E-state index contributed by atoms with van der Waals surface area (Å²) < 4.78 is 7.66.